The van der Waals surface area contributed by atoms with E-state index >= 15 is 0 Å². The Bertz CT molecular complexity index is 503. The van der Waals surface area contributed by atoms with Crippen LogP contribution in [0, 0.1) is 0 Å². The van der Waals surface area contributed by atoms with Crippen LogP contribution in [-0.2, 0) is 17.7 Å². The van der Waals surface area contributed by atoms with E-state index in [0.717, 1.165) is 18.5 Å². The van der Waals surface area contributed by atoms with E-state index in [4.69, 9.17) is 4.74 Å². The summed E-state index contributed by atoms with van der Waals surface area (Å²) in [5, 5.41) is 6.25. The summed E-state index contributed by atoms with van der Waals surface area (Å²) in [7, 11) is 1.38. The van der Waals surface area contributed by atoms with Gasteiger partial charge in [0.2, 0.25) is 0 Å². The van der Waals surface area contributed by atoms with E-state index in [1.807, 2.05) is 24.6 Å². The smallest absolute Gasteiger partial charge is 0.358 e. The summed E-state index contributed by atoms with van der Waals surface area (Å²) in [4.78, 5) is 12.8. The zero-order valence-corrected chi connectivity index (χ0v) is 10.7. The van der Waals surface area contributed by atoms with Crippen molar-refractivity contribution >= 4 is 17.3 Å². The Labute approximate surface area is 104 Å². The van der Waals surface area contributed by atoms with Crippen molar-refractivity contribution in [3.63, 3.8) is 0 Å². The molecule has 0 saturated carbocycles. The lowest BCUT2D eigenvalue weighted by Gasteiger charge is -1.98. The third kappa shape index (κ3) is 2.55. The van der Waals surface area contributed by atoms with E-state index in [2.05, 4.69) is 11.2 Å². The molecule has 5 heteroatoms. The molecule has 0 bridgehead atoms. The summed E-state index contributed by atoms with van der Waals surface area (Å²) >= 11 is 1.67. The van der Waals surface area contributed by atoms with Crippen molar-refractivity contribution in [2.24, 2.45) is 0 Å². The van der Waals surface area contributed by atoms with Crippen LogP contribution >= 0.6 is 11.3 Å². The minimum Gasteiger partial charge on any atom is -0.464 e. The van der Waals surface area contributed by atoms with Gasteiger partial charge in [-0.2, -0.15) is 5.10 Å². The van der Waals surface area contributed by atoms with Gasteiger partial charge in [-0.05, 0) is 18.4 Å². The second-order valence-electron chi connectivity index (χ2n) is 3.61. The average Bonchev–Trinajstić information content (AvgIpc) is 2.98. The van der Waals surface area contributed by atoms with Crippen molar-refractivity contribution in [2.45, 2.75) is 19.9 Å². The number of hydrogen-bond donors (Lipinski definition) is 0. The molecule has 0 atom stereocenters. The Morgan fingerprint density at radius 1 is 1.59 bits per heavy atom. The van der Waals surface area contributed by atoms with E-state index in [9.17, 15) is 4.79 Å². The molecule has 0 amide bonds. The predicted octanol–water partition coefficient (Wildman–Crippen LogP) is 2.34. The lowest BCUT2D eigenvalue weighted by molar-refractivity contribution is 0.0592. The largest absolute Gasteiger partial charge is 0.464 e. The van der Waals surface area contributed by atoms with Crippen LogP contribution in [0.15, 0.2) is 23.7 Å². The zero-order valence-electron chi connectivity index (χ0n) is 9.84. The topological polar surface area (TPSA) is 44.1 Å². The molecule has 0 radical (unpaired) electrons. The number of hydrogen-bond acceptors (Lipinski definition) is 4. The summed E-state index contributed by atoms with van der Waals surface area (Å²) in [6.07, 6.45) is 2.63. The molecule has 0 aromatic carbocycles. The number of carbonyl (C=O) groups excluding carboxylic acids is 1. The fraction of sp³-hybridized carbons (Fsp3) is 0.333. The Hall–Kier alpha value is -1.62. The normalized spacial score (nSPS) is 10.5. The number of thiophene rings is 1. The molecule has 90 valence electrons. The van der Waals surface area contributed by atoms with Crippen LogP contribution in [0.25, 0.3) is 0 Å². The van der Waals surface area contributed by atoms with Crippen molar-refractivity contribution in [3.05, 3.63) is 39.8 Å². The molecule has 0 aliphatic rings. The first-order valence-electron chi connectivity index (χ1n) is 5.41. The number of ether oxygens (including phenoxy) is 1. The lowest BCUT2D eigenvalue weighted by atomic mass is 10.1. The summed E-state index contributed by atoms with van der Waals surface area (Å²) in [5.74, 6) is -0.372. The van der Waals surface area contributed by atoms with Gasteiger partial charge in [-0.3, -0.25) is 4.68 Å². The number of carbonyl (C=O) groups is 1. The van der Waals surface area contributed by atoms with Gasteiger partial charge in [0, 0.05) is 29.6 Å². The number of aromatic nitrogens is 2. The number of nitrogens with zero attached hydrogens (tertiary/aromatic N) is 2. The molecule has 2 aromatic heterocycles. The minimum atomic E-state index is -0.372. The van der Waals surface area contributed by atoms with E-state index in [1.165, 1.54) is 12.0 Å². The maximum Gasteiger partial charge on any atom is 0.358 e. The van der Waals surface area contributed by atoms with Gasteiger partial charge in [-0.15, -0.1) is 11.3 Å². The first-order chi connectivity index (χ1) is 8.24. The first-order valence-corrected chi connectivity index (χ1v) is 6.29. The van der Waals surface area contributed by atoms with Gasteiger partial charge < -0.3 is 4.74 Å². The van der Waals surface area contributed by atoms with Crippen LogP contribution in [-0.4, -0.2) is 22.9 Å². The van der Waals surface area contributed by atoms with E-state index < -0.39 is 0 Å². The number of aryl methyl sites for hydroxylation is 1. The van der Waals surface area contributed by atoms with Gasteiger partial charge in [0.05, 0.1) is 7.11 Å². The fourth-order valence-electron chi connectivity index (χ4n) is 1.62. The highest BCUT2D eigenvalue weighted by Crippen LogP contribution is 2.18. The minimum absolute atomic E-state index is 0.372. The molecule has 0 N–H and O–H groups in total. The Morgan fingerprint density at radius 3 is 3.00 bits per heavy atom. The SMILES string of the molecule is CCn1cc(Cc2cccs2)c(C(=O)OC)n1. The maximum absolute atomic E-state index is 11.6. The molecule has 17 heavy (non-hydrogen) atoms. The predicted molar refractivity (Wildman–Crippen MR) is 66.4 cm³/mol. The van der Waals surface area contributed by atoms with Crippen molar-refractivity contribution in [2.75, 3.05) is 7.11 Å². The Balaban J connectivity index is 2.31. The van der Waals surface area contributed by atoms with E-state index in [1.54, 1.807) is 16.0 Å². The molecule has 0 fully saturated rings. The fourth-order valence-corrected chi connectivity index (χ4v) is 2.35. The summed E-state index contributed by atoms with van der Waals surface area (Å²) < 4.78 is 6.50. The molecular formula is C12H14N2O2S. The van der Waals surface area contributed by atoms with Crippen molar-refractivity contribution in [1.82, 2.24) is 9.78 Å². The summed E-state index contributed by atoms with van der Waals surface area (Å²) in [6, 6.07) is 4.05. The lowest BCUT2D eigenvalue weighted by Crippen LogP contribution is -2.06. The van der Waals surface area contributed by atoms with Crippen LogP contribution in [0.5, 0.6) is 0 Å². The van der Waals surface area contributed by atoms with Crippen molar-refractivity contribution in [1.29, 1.82) is 0 Å². The highest BCUT2D eigenvalue weighted by atomic mass is 32.1. The van der Waals surface area contributed by atoms with Gasteiger partial charge >= 0.3 is 5.97 Å². The van der Waals surface area contributed by atoms with Gasteiger partial charge in [-0.25, -0.2) is 4.79 Å². The third-order valence-corrected chi connectivity index (χ3v) is 3.36. The number of esters is 1. The average molecular weight is 250 g/mol. The van der Waals surface area contributed by atoms with Crippen LogP contribution in [0.4, 0.5) is 0 Å². The van der Waals surface area contributed by atoms with Crippen molar-refractivity contribution < 1.29 is 9.53 Å². The summed E-state index contributed by atoms with van der Waals surface area (Å²) in [5.41, 5.74) is 1.34. The van der Waals surface area contributed by atoms with Gasteiger partial charge in [0.25, 0.3) is 0 Å². The second kappa shape index (κ2) is 5.14. The van der Waals surface area contributed by atoms with Gasteiger partial charge in [0.15, 0.2) is 5.69 Å². The number of rotatable bonds is 4. The highest BCUT2D eigenvalue weighted by Gasteiger charge is 2.17. The molecule has 0 spiro atoms. The molecule has 2 rings (SSSR count). The Morgan fingerprint density at radius 2 is 2.41 bits per heavy atom. The molecule has 4 nitrogen and oxygen atoms in total. The molecule has 2 heterocycles. The molecule has 0 unspecified atom stereocenters. The van der Waals surface area contributed by atoms with Crippen LogP contribution < -0.4 is 0 Å². The Kier molecular flexibility index (Phi) is 3.58. The summed E-state index contributed by atoms with van der Waals surface area (Å²) in [6.45, 7) is 2.73. The van der Waals surface area contributed by atoms with Crippen LogP contribution in [0.1, 0.15) is 27.9 Å². The van der Waals surface area contributed by atoms with Crippen LogP contribution in [0.3, 0.4) is 0 Å². The third-order valence-electron chi connectivity index (χ3n) is 2.48. The quantitative estimate of drug-likeness (QED) is 0.782. The van der Waals surface area contributed by atoms with Gasteiger partial charge in [0.1, 0.15) is 0 Å². The molecule has 0 aliphatic heterocycles. The monoisotopic (exact) mass is 250 g/mol. The van der Waals surface area contributed by atoms with Crippen molar-refractivity contribution in [3.8, 4) is 0 Å². The maximum atomic E-state index is 11.6. The standard InChI is InChI=1S/C12H14N2O2S/c1-3-14-8-9(7-10-5-4-6-17-10)11(13-14)12(15)16-2/h4-6,8H,3,7H2,1-2H3. The zero-order chi connectivity index (χ0) is 12.3. The first kappa shape index (κ1) is 11.9. The molecular weight excluding hydrogens is 236 g/mol. The molecule has 2 aromatic rings. The van der Waals surface area contributed by atoms with E-state index in [-0.39, 0.29) is 5.97 Å². The highest BCUT2D eigenvalue weighted by molar-refractivity contribution is 7.09. The molecule has 0 saturated heterocycles. The van der Waals surface area contributed by atoms with Gasteiger partial charge in [-0.1, -0.05) is 6.07 Å². The molecule has 0 aliphatic carbocycles. The van der Waals surface area contributed by atoms with E-state index in [0.29, 0.717) is 5.69 Å². The number of methoxy groups -OCH3 is 1. The van der Waals surface area contributed by atoms with Crippen LogP contribution in [0.2, 0.25) is 0 Å². The second-order valence-corrected chi connectivity index (χ2v) is 4.64.